The molecule has 0 radical (unpaired) electrons. The summed E-state index contributed by atoms with van der Waals surface area (Å²) in [5.41, 5.74) is 8.09. The van der Waals surface area contributed by atoms with Gasteiger partial charge in [-0.1, -0.05) is 41.4 Å². The maximum Gasteiger partial charge on any atom is 0.280 e. The Balaban J connectivity index is 1.55. The fourth-order valence-electron chi connectivity index (χ4n) is 3.51. The van der Waals surface area contributed by atoms with Crippen molar-refractivity contribution in [1.29, 1.82) is 0 Å². The number of hydrogen-bond donors (Lipinski definition) is 4. The fourth-order valence-corrected chi connectivity index (χ4v) is 3.86. The minimum absolute atomic E-state index is 0.00807. The Hall–Kier alpha value is -3.17. The normalized spacial score (nSPS) is 17.9. The van der Waals surface area contributed by atoms with Gasteiger partial charge in [0.25, 0.3) is 5.91 Å². The van der Waals surface area contributed by atoms with Gasteiger partial charge >= 0.3 is 0 Å². The first-order valence-electron chi connectivity index (χ1n) is 10.4. The molecule has 0 bridgehead atoms. The number of hydrogen-bond acceptors (Lipinski definition) is 4. The van der Waals surface area contributed by atoms with Crippen molar-refractivity contribution < 1.29 is 13.9 Å². The maximum absolute atomic E-state index is 13.9. The Bertz CT molecular complexity index is 1190. The Labute approximate surface area is 206 Å². The first kappa shape index (κ1) is 24.0. The highest BCUT2D eigenvalue weighted by molar-refractivity contribution is 6.31. The van der Waals surface area contributed by atoms with Crippen molar-refractivity contribution >= 4 is 40.8 Å². The third-order valence-corrected chi connectivity index (χ3v) is 5.61. The number of rotatable bonds is 5. The zero-order valence-electron chi connectivity index (χ0n) is 18.1. The lowest BCUT2D eigenvalue weighted by molar-refractivity contribution is 0.100. The third-order valence-electron chi connectivity index (χ3n) is 5.14. The second kappa shape index (κ2) is 10.8. The van der Waals surface area contributed by atoms with E-state index in [2.05, 4.69) is 26.5 Å². The van der Waals surface area contributed by atoms with Crippen LogP contribution in [-0.2, 0) is 0 Å². The lowest BCUT2D eigenvalue weighted by Gasteiger charge is -2.17. The summed E-state index contributed by atoms with van der Waals surface area (Å²) in [6, 6.07) is 18.2. The average molecular weight is 502 g/mol. The first-order valence-corrected chi connectivity index (χ1v) is 11.2. The molecule has 0 spiro atoms. The van der Waals surface area contributed by atoms with E-state index in [1.807, 2.05) is 24.3 Å². The molecular formula is C24H22Cl2FN5O2. The number of benzene rings is 3. The minimum atomic E-state index is -0.517. The number of nitrogens with zero attached hydrogens (tertiary/aromatic N) is 1. The number of carbonyl (C=O) groups is 1. The predicted octanol–water partition coefficient (Wildman–Crippen LogP) is 4.90. The molecule has 1 amide bonds. The molecule has 10 heteroatoms. The van der Waals surface area contributed by atoms with Crippen LogP contribution < -0.4 is 26.2 Å². The first-order chi connectivity index (χ1) is 16.4. The van der Waals surface area contributed by atoms with Crippen molar-refractivity contribution in [2.75, 3.05) is 12.4 Å². The number of guanidine groups is 1. The van der Waals surface area contributed by atoms with E-state index in [9.17, 15) is 9.18 Å². The van der Waals surface area contributed by atoms with Gasteiger partial charge in [-0.3, -0.25) is 4.79 Å². The maximum atomic E-state index is 13.9. The molecule has 4 rings (SSSR count). The monoisotopic (exact) mass is 501 g/mol. The Morgan fingerprint density at radius 3 is 2.59 bits per heavy atom. The van der Waals surface area contributed by atoms with Crippen LogP contribution in [0.25, 0.3) is 0 Å². The number of amides is 1. The number of halogens is 3. The minimum Gasteiger partial charge on any atom is -0.497 e. The largest absolute Gasteiger partial charge is 0.497 e. The van der Waals surface area contributed by atoms with Gasteiger partial charge in [0.1, 0.15) is 11.6 Å². The van der Waals surface area contributed by atoms with E-state index in [0.717, 1.165) is 5.56 Å². The third kappa shape index (κ3) is 6.24. The smallest absolute Gasteiger partial charge is 0.280 e. The molecule has 0 aromatic heterocycles. The van der Waals surface area contributed by atoms with Crippen LogP contribution in [0.1, 0.15) is 28.4 Å². The number of hydrazine groups is 1. The van der Waals surface area contributed by atoms with Gasteiger partial charge in [-0.2, -0.15) is 4.99 Å². The molecule has 2 atom stereocenters. The summed E-state index contributed by atoms with van der Waals surface area (Å²) in [6.07, 6.45) is 0.355. The van der Waals surface area contributed by atoms with Crippen LogP contribution in [0.15, 0.2) is 71.7 Å². The summed E-state index contributed by atoms with van der Waals surface area (Å²) in [5, 5.41) is 6.99. The van der Waals surface area contributed by atoms with Crippen LogP contribution in [0.5, 0.6) is 5.75 Å². The quantitative estimate of drug-likeness (QED) is 0.293. The van der Waals surface area contributed by atoms with Crippen LogP contribution in [0.2, 0.25) is 10.0 Å². The van der Waals surface area contributed by atoms with Crippen LogP contribution in [-0.4, -0.2) is 25.1 Å². The average Bonchev–Trinajstić information content (AvgIpc) is 3.27. The molecule has 0 saturated carbocycles. The highest BCUT2D eigenvalue weighted by Gasteiger charge is 2.26. The van der Waals surface area contributed by atoms with Crippen LogP contribution in [0.3, 0.4) is 0 Å². The number of carbonyl (C=O) groups excluding carboxylic acids is 1. The van der Waals surface area contributed by atoms with E-state index in [1.165, 1.54) is 25.3 Å². The van der Waals surface area contributed by atoms with Gasteiger partial charge in [0.2, 0.25) is 5.96 Å². The zero-order valence-corrected chi connectivity index (χ0v) is 19.6. The van der Waals surface area contributed by atoms with E-state index in [1.54, 1.807) is 24.3 Å². The molecule has 1 fully saturated rings. The van der Waals surface area contributed by atoms with Gasteiger partial charge in [-0.25, -0.2) is 15.2 Å². The molecule has 1 saturated heterocycles. The zero-order chi connectivity index (χ0) is 24.1. The van der Waals surface area contributed by atoms with Crippen molar-refractivity contribution in [1.82, 2.24) is 16.2 Å². The molecule has 2 unspecified atom stereocenters. The summed E-state index contributed by atoms with van der Waals surface area (Å²) in [6.45, 7) is 0. The molecule has 176 valence electrons. The van der Waals surface area contributed by atoms with Crippen molar-refractivity contribution in [2.45, 2.75) is 18.6 Å². The molecule has 4 N–H and O–H groups in total. The summed E-state index contributed by atoms with van der Waals surface area (Å²) in [7, 11) is 1.52. The molecular weight excluding hydrogens is 480 g/mol. The number of anilines is 1. The van der Waals surface area contributed by atoms with Gasteiger partial charge < -0.3 is 15.4 Å². The molecule has 0 aliphatic carbocycles. The van der Waals surface area contributed by atoms with Crippen LogP contribution in [0, 0.1) is 5.82 Å². The van der Waals surface area contributed by atoms with E-state index >= 15 is 0 Å². The number of aliphatic imine (C=N–C) groups is 1. The second-order valence-corrected chi connectivity index (χ2v) is 8.48. The summed E-state index contributed by atoms with van der Waals surface area (Å²) in [4.78, 5) is 17.1. The van der Waals surface area contributed by atoms with Crippen molar-refractivity contribution in [3.8, 4) is 5.75 Å². The highest BCUT2D eigenvalue weighted by atomic mass is 35.5. The standard InChI is InChI=1S/C24H22Cl2FN5O2/c1-34-20-4-2-3-15(9-20)23(33)30-24(28-19-11-17(26)10-18(27)12-19)29-22-13-21(31-32-22)14-5-7-16(25)8-6-14/h2-12,21-22,31-32H,13H2,1H3,(H2,28,29,30,33). The molecule has 1 aliphatic rings. The number of nitrogens with one attached hydrogen (secondary N) is 4. The summed E-state index contributed by atoms with van der Waals surface area (Å²) < 4.78 is 19.1. The van der Waals surface area contributed by atoms with E-state index in [-0.39, 0.29) is 23.2 Å². The molecule has 34 heavy (non-hydrogen) atoms. The Morgan fingerprint density at radius 1 is 1.06 bits per heavy atom. The lowest BCUT2D eigenvalue weighted by atomic mass is 10.0. The Morgan fingerprint density at radius 2 is 1.85 bits per heavy atom. The molecule has 1 heterocycles. The summed E-state index contributed by atoms with van der Waals surface area (Å²) >= 11 is 12.0. The molecule has 3 aromatic rings. The van der Waals surface area contributed by atoms with Gasteiger partial charge in [0, 0.05) is 33.8 Å². The van der Waals surface area contributed by atoms with Crippen molar-refractivity contribution in [3.05, 3.63) is 93.7 Å². The lowest BCUT2D eigenvalue weighted by Crippen LogP contribution is -2.47. The van der Waals surface area contributed by atoms with Gasteiger partial charge in [-0.15, -0.1) is 0 Å². The van der Waals surface area contributed by atoms with E-state index in [0.29, 0.717) is 28.4 Å². The summed E-state index contributed by atoms with van der Waals surface area (Å²) in [5.74, 6) is -0.355. The predicted molar refractivity (Wildman–Crippen MR) is 132 cm³/mol. The van der Waals surface area contributed by atoms with Gasteiger partial charge in [0.05, 0.1) is 13.3 Å². The SMILES string of the molecule is COc1cccc(C(=O)/N=C(/Nc2cc(F)cc(Cl)c2)NC2CC(c3ccc(Cl)cc3)NN2)c1. The molecule has 3 aromatic carbocycles. The van der Waals surface area contributed by atoms with E-state index in [4.69, 9.17) is 27.9 Å². The topological polar surface area (TPSA) is 86.8 Å². The molecule has 7 nitrogen and oxygen atoms in total. The second-order valence-electron chi connectivity index (χ2n) is 7.61. The van der Waals surface area contributed by atoms with Crippen molar-refractivity contribution in [2.24, 2.45) is 4.99 Å². The fraction of sp³-hybridized carbons (Fsp3) is 0.167. The van der Waals surface area contributed by atoms with Crippen LogP contribution >= 0.6 is 23.2 Å². The van der Waals surface area contributed by atoms with Crippen LogP contribution in [0.4, 0.5) is 10.1 Å². The van der Waals surface area contributed by atoms with Gasteiger partial charge in [-0.05, 0) is 54.1 Å². The van der Waals surface area contributed by atoms with E-state index < -0.39 is 11.7 Å². The number of ether oxygens (including phenoxy) is 1. The number of methoxy groups -OCH3 is 1. The van der Waals surface area contributed by atoms with Crippen molar-refractivity contribution in [3.63, 3.8) is 0 Å². The molecule has 1 aliphatic heterocycles. The highest BCUT2D eigenvalue weighted by Crippen LogP contribution is 2.23. The van der Waals surface area contributed by atoms with Gasteiger partial charge in [0.15, 0.2) is 0 Å². The Kier molecular flexibility index (Phi) is 7.64.